The predicted octanol–water partition coefficient (Wildman–Crippen LogP) is -3.58. The van der Waals surface area contributed by atoms with Gasteiger partial charge in [0, 0.05) is 5.41 Å². The van der Waals surface area contributed by atoms with Gasteiger partial charge in [0.1, 0.15) is 97.0 Å². The number of hydrogen-bond donors (Lipinski definition) is 16. The Morgan fingerprint density at radius 2 is 1.10 bits per heavy atom. The molecule has 0 radical (unpaired) electrons. The zero-order valence-corrected chi connectivity index (χ0v) is 50.3. The predicted molar refractivity (Wildman–Crippen MR) is 289 cm³/mol. The van der Waals surface area contributed by atoms with Crippen LogP contribution in [0.2, 0.25) is 0 Å². The van der Waals surface area contributed by atoms with Crippen molar-refractivity contribution in [3.05, 3.63) is 11.6 Å². The second-order valence-corrected chi connectivity index (χ2v) is 28.7. The minimum absolute atomic E-state index is 0.120. The number of esters is 1. The van der Waals surface area contributed by atoms with E-state index in [2.05, 4.69) is 40.7 Å². The van der Waals surface area contributed by atoms with Gasteiger partial charge in [-0.3, -0.25) is 4.79 Å². The third kappa shape index (κ3) is 10.8. The van der Waals surface area contributed by atoms with Crippen LogP contribution in [-0.2, 0) is 52.2 Å². The number of allylic oxidation sites excluding steroid dienone is 2. The fraction of sp³-hybridized carbons (Fsp3) is 0.949. The molecule has 27 heteroatoms. The molecule has 2 unspecified atom stereocenters. The summed E-state index contributed by atoms with van der Waals surface area (Å²) in [6.45, 7) is 15.2. The first-order valence-electron chi connectivity index (χ1n) is 30.7. The molecule has 16 N–H and O–H groups in total. The van der Waals surface area contributed by atoms with Gasteiger partial charge in [-0.05, 0) is 112 Å². The first kappa shape index (κ1) is 67.1. The summed E-state index contributed by atoms with van der Waals surface area (Å²) < 4.78 is 59.4. The third-order valence-electron chi connectivity index (χ3n) is 23.1. The molecular formula is C59H96O27. The molecule has 5 heterocycles. The molecule has 86 heavy (non-hydrogen) atoms. The summed E-state index contributed by atoms with van der Waals surface area (Å²) in [5.41, 5.74) is -4.01. The lowest BCUT2D eigenvalue weighted by molar-refractivity contribution is -0.380. The number of ether oxygens (including phenoxy) is 10. The van der Waals surface area contributed by atoms with Crippen LogP contribution < -0.4 is 0 Å². The first-order chi connectivity index (χ1) is 40.2. The Bertz CT molecular complexity index is 2420. The van der Waals surface area contributed by atoms with E-state index < -0.39 is 225 Å². The smallest absolute Gasteiger partial charge is 0.317 e. The maximum Gasteiger partial charge on any atom is 0.317 e. The van der Waals surface area contributed by atoms with Gasteiger partial charge < -0.3 is 129 Å². The summed E-state index contributed by atoms with van der Waals surface area (Å²) in [5.74, 6) is -1.85. The molecule has 494 valence electrons. The fourth-order valence-electron chi connectivity index (χ4n) is 17.8. The van der Waals surface area contributed by atoms with E-state index in [9.17, 15) is 81.7 Å². The van der Waals surface area contributed by atoms with Crippen molar-refractivity contribution in [3.63, 3.8) is 0 Å². The van der Waals surface area contributed by atoms with Crippen LogP contribution in [0.1, 0.15) is 114 Å². The second kappa shape index (κ2) is 24.3. The van der Waals surface area contributed by atoms with Crippen molar-refractivity contribution in [1.29, 1.82) is 0 Å². The van der Waals surface area contributed by atoms with Crippen molar-refractivity contribution in [3.8, 4) is 0 Å². The maximum absolute atomic E-state index is 15.6. The molecule has 5 saturated heterocycles. The lowest BCUT2D eigenvalue weighted by Crippen LogP contribution is -2.70. The summed E-state index contributed by atoms with van der Waals surface area (Å²) in [7, 11) is 0. The zero-order chi connectivity index (χ0) is 63.0. The molecule has 10 aliphatic rings. The lowest BCUT2D eigenvalue weighted by atomic mass is 9.33. The van der Waals surface area contributed by atoms with E-state index in [1.165, 1.54) is 20.8 Å². The van der Waals surface area contributed by atoms with Crippen LogP contribution in [0, 0.1) is 50.2 Å². The van der Waals surface area contributed by atoms with Gasteiger partial charge in [-0.25, -0.2) is 0 Å². The Morgan fingerprint density at radius 1 is 0.547 bits per heavy atom. The topological polar surface area (TPSA) is 433 Å². The third-order valence-corrected chi connectivity index (χ3v) is 23.1. The van der Waals surface area contributed by atoms with Crippen LogP contribution in [0.25, 0.3) is 0 Å². The Morgan fingerprint density at radius 3 is 1.74 bits per heavy atom. The van der Waals surface area contributed by atoms with Crippen molar-refractivity contribution in [2.45, 2.75) is 279 Å². The molecule has 27 nitrogen and oxygen atoms in total. The maximum atomic E-state index is 15.6. The second-order valence-electron chi connectivity index (χ2n) is 28.7. The normalized spacial score (nSPS) is 56.5. The monoisotopic (exact) mass is 1240 g/mol. The van der Waals surface area contributed by atoms with Crippen LogP contribution in [0.4, 0.5) is 0 Å². The van der Waals surface area contributed by atoms with E-state index in [1.54, 1.807) is 0 Å². The highest BCUT2D eigenvalue weighted by molar-refractivity contribution is 5.80. The molecule has 9 fully saturated rings. The van der Waals surface area contributed by atoms with Gasteiger partial charge in [0.2, 0.25) is 6.29 Å². The molecular weight excluding hydrogens is 1140 g/mol. The van der Waals surface area contributed by atoms with E-state index in [-0.39, 0.29) is 36.5 Å². The summed E-state index contributed by atoms with van der Waals surface area (Å²) in [6.07, 6.45) is -36.8. The number of carbonyl (C=O) groups excluding carboxylic acids is 1. The van der Waals surface area contributed by atoms with Crippen molar-refractivity contribution in [1.82, 2.24) is 0 Å². The summed E-state index contributed by atoms with van der Waals surface area (Å²) in [5, 5.41) is 178. The molecule has 35 atom stereocenters. The van der Waals surface area contributed by atoms with Gasteiger partial charge in [-0.1, -0.05) is 53.2 Å². The van der Waals surface area contributed by atoms with Crippen LogP contribution >= 0.6 is 0 Å². The van der Waals surface area contributed by atoms with E-state index >= 15 is 4.79 Å². The van der Waals surface area contributed by atoms with Gasteiger partial charge in [-0.15, -0.1) is 0 Å². The number of rotatable bonds is 12. The molecule has 0 aromatic carbocycles. The number of aliphatic hydroxyl groups excluding tert-OH is 16. The highest BCUT2D eigenvalue weighted by Gasteiger charge is 2.73. The molecule has 0 aromatic heterocycles. The summed E-state index contributed by atoms with van der Waals surface area (Å²) in [4.78, 5) is 15.6. The first-order valence-corrected chi connectivity index (χ1v) is 30.7. The Labute approximate surface area is 499 Å². The lowest BCUT2D eigenvalue weighted by Gasteiger charge is -2.72. The van der Waals surface area contributed by atoms with E-state index in [0.717, 1.165) is 5.57 Å². The van der Waals surface area contributed by atoms with Crippen molar-refractivity contribution in [2.24, 2.45) is 50.2 Å². The van der Waals surface area contributed by atoms with Gasteiger partial charge in [0.25, 0.3) is 0 Å². The molecule has 4 saturated carbocycles. The number of fused-ring (bicyclic) bond motifs is 7. The van der Waals surface area contributed by atoms with Gasteiger partial charge >= 0.3 is 5.97 Å². The molecule has 0 aromatic rings. The average Bonchev–Trinajstić information content (AvgIpc) is 0.673. The Balaban J connectivity index is 0.865. The van der Waals surface area contributed by atoms with Crippen LogP contribution in [-0.4, -0.2) is 273 Å². The van der Waals surface area contributed by atoms with E-state index in [0.29, 0.717) is 32.1 Å². The highest BCUT2D eigenvalue weighted by atomic mass is 16.8. The minimum Gasteiger partial charge on any atom is -0.432 e. The zero-order valence-electron chi connectivity index (χ0n) is 50.3. The number of hydrogen-bond acceptors (Lipinski definition) is 27. The average molecular weight is 1240 g/mol. The van der Waals surface area contributed by atoms with Gasteiger partial charge in [-0.2, -0.15) is 0 Å². The molecule has 0 amide bonds. The van der Waals surface area contributed by atoms with E-state index in [1.807, 2.05) is 6.92 Å². The molecule has 0 spiro atoms. The number of carbonyl (C=O) groups is 1. The molecule has 5 aliphatic carbocycles. The van der Waals surface area contributed by atoms with Gasteiger partial charge in [0.05, 0.1) is 56.4 Å². The van der Waals surface area contributed by atoms with Crippen molar-refractivity contribution >= 4 is 5.97 Å². The number of aliphatic hydroxyl groups is 16. The molecule has 10 rings (SSSR count). The van der Waals surface area contributed by atoms with Crippen LogP contribution in [0.3, 0.4) is 0 Å². The van der Waals surface area contributed by atoms with Crippen molar-refractivity contribution in [2.75, 3.05) is 19.8 Å². The van der Waals surface area contributed by atoms with Gasteiger partial charge in [0.15, 0.2) is 31.3 Å². The largest absolute Gasteiger partial charge is 0.432 e. The quantitative estimate of drug-likeness (QED) is 0.0510. The summed E-state index contributed by atoms with van der Waals surface area (Å²) in [6, 6.07) is 0. The Hall–Kier alpha value is -1.79. The molecule has 5 aliphatic heterocycles. The van der Waals surface area contributed by atoms with Crippen LogP contribution in [0.15, 0.2) is 11.6 Å². The minimum atomic E-state index is -1.99. The van der Waals surface area contributed by atoms with Crippen LogP contribution in [0.5, 0.6) is 0 Å². The SMILES string of the molecule is C[C@@H]1O[C@H](O[C@@H]2[C@@H](O)[C@H](O[C@@H]3[C@@H](O)[C@@H](O)[C@H](O[C@H]4[C@H](OC(=O)[C@]56CCC(C)(C)C[C@H]5C5=CC[C@@H]7[C@@]8(C)CC(O)C(O[C@@H]9O[C@H](CO)[C@@H](O)[C@H](O)[C@H]9O)[C@@](C)(CO)[C@@H]8CC[C@@]7(C)[C@]5(C)C[C@H]6O)O[C@H](C)[C@H](O)[C@@H]4O)O[C@H]3C)OC[C@H]2O)[C@H](O)[C@H](O)[C@H]1O. The van der Waals surface area contributed by atoms with E-state index in [4.69, 9.17) is 47.4 Å². The standard InChI is InChI=1S/C59H96O27/c1-22-33(65)36(68)40(72)49(78-22)83-45-28(63)20-77-48(43(45)75)82-44-24(3)80-50(42(74)39(44)71)84-46-38(70)34(66)23(2)79-52(46)86-53(76)59-15-14-54(4,5)16-26(59)25-10-11-31-55(6)17-27(62)47(85-51-41(73)37(69)35(67)29(19-60)81-51)56(7,21-61)30(55)12-13-57(31,8)58(25,9)18-32(59)64/h10,22-24,26-52,60-75H,11-21H2,1-9H3/t22-,23+,24-,26-,27?,28+,29+,30+,31+,32+,33-,34-,35+,36+,37-,38-,39-,40+,41+,42+,43+,44-,45-,46+,47?,48-,49+,50-,51-,52-,55-,56-,57+,58+,59+/m0/s1. The molecule has 0 bridgehead atoms. The fourth-order valence-corrected chi connectivity index (χ4v) is 17.8. The van der Waals surface area contributed by atoms with Crippen molar-refractivity contribution < 1.29 is 134 Å². The highest BCUT2D eigenvalue weighted by Crippen LogP contribution is 2.76. The Kier molecular flexibility index (Phi) is 18.9. The summed E-state index contributed by atoms with van der Waals surface area (Å²) >= 11 is 0.